The Balaban J connectivity index is 0.00000121. The molecule has 0 nitrogen and oxygen atoms in total. The molecule has 0 heterocycles. The molecule has 1 aromatic carbocycles. The predicted octanol–water partition coefficient (Wildman–Crippen LogP) is 3.26. The molecular weight excluding hydrogens is 223 g/mol. The summed E-state index contributed by atoms with van der Waals surface area (Å²) in [6, 6.07) is 6.76. The van der Waals surface area contributed by atoms with Crippen LogP contribution in [-0.4, -0.2) is 0 Å². The average molecular weight is 240 g/mol. The Morgan fingerprint density at radius 3 is 2.17 bits per heavy atom. The first kappa shape index (κ1) is 12.2. The number of hydrogen-bond donors (Lipinski definition) is 0. The van der Waals surface area contributed by atoms with Crippen LogP contribution in [0.15, 0.2) is 18.2 Å². The van der Waals surface area contributed by atoms with Crippen molar-refractivity contribution >= 4 is 0 Å². The number of rotatable bonds is 1. The minimum Gasteiger partial charge on any atom is -0.207 e. The van der Waals surface area contributed by atoms with E-state index >= 15 is 0 Å². The van der Waals surface area contributed by atoms with Crippen LogP contribution in [0, 0.1) is 0 Å². The standard InChI is InChI=1S/C11H17.Zr/c1-5-9-6-7-10(8-9)11(2,3)4;/h6-8H,5H2,1-4H3;/q-1;. The molecule has 66 valence electrons. The van der Waals surface area contributed by atoms with Gasteiger partial charge in [-0.3, -0.25) is 0 Å². The van der Waals surface area contributed by atoms with Crippen LogP contribution in [-0.2, 0) is 38.0 Å². The maximum atomic E-state index is 2.31. The van der Waals surface area contributed by atoms with E-state index in [4.69, 9.17) is 0 Å². The quantitative estimate of drug-likeness (QED) is 0.661. The summed E-state index contributed by atoms with van der Waals surface area (Å²) < 4.78 is 0. The first-order valence-corrected chi connectivity index (χ1v) is 4.30. The predicted molar refractivity (Wildman–Crippen MR) is 50.1 cm³/mol. The summed E-state index contributed by atoms with van der Waals surface area (Å²) in [6.45, 7) is 8.95. The van der Waals surface area contributed by atoms with Gasteiger partial charge in [0.15, 0.2) is 0 Å². The van der Waals surface area contributed by atoms with Gasteiger partial charge < -0.3 is 0 Å². The van der Waals surface area contributed by atoms with Crippen molar-refractivity contribution in [2.24, 2.45) is 0 Å². The van der Waals surface area contributed by atoms with E-state index in [1.54, 1.807) is 0 Å². The molecule has 0 atom stereocenters. The van der Waals surface area contributed by atoms with Gasteiger partial charge in [-0.2, -0.15) is 23.3 Å². The SMILES string of the molecule is CCc1cc(C(C)(C)C)c[cH-]1.[Zr]. The molecule has 1 rings (SSSR count). The van der Waals surface area contributed by atoms with Gasteiger partial charge in [0, 0.05) is 26.2 Å². The van der Waals surface area contributed by atoms with Gasteiger partial charge in [0.05, 0.1) is 0 Å². The Bertz CT molecular complexity index is 227. The number of aryl methyl sites for hydroxylation is 1. The fourth-order valence-corrected chi connectivity index (χ4v) is 1.18. The molecule has 0 radical (unpaired) electrons. The van der Waals surface area contributed by atoms with Crippen LogP contribution in [0.5, 0.6) is 0 Å². The molecule has 0 fully saturated rings. The normalized spacial score (nSPS) is 11.0. The van der Waals surface area contributed by atoms with E-state index in [9.17, 15) is 0 Å². The summed E-state index contributed by atoms with van der Waals surface area (Å²) in [7, 11) is 0. The van der Waals surface area contributed by atoms with Gasteiger partial charge in [-0.25, -0.2) is 6.07 Å². The largest absolute Gasteiger partial charge is 0.207 e. The summed E-state index contributed by atoms with van der Waals surface area (Å²) in [5, 5.41) is 0. The van der Waals surface area contributed by atoms with E-state index in [1.807, 2.05) is 0 Å². The van der Waals surface area contributed by atoms with Crippen molar-refractivity contribution in [1.82, 2.24) is 0 Å². The Labute approximate surface area is 94.9 Å². The van der Waals surface area contributed by atoms with Crippen molar-refractivity contribution in [3.8, 4) is 0 Å². The summed E-state index contributed by atoms with van der Waals surface area (Å²) >= 11 is 0. The summed E-state index contributed by atoms with van der Waals surface area (Å²) in [6.07, 6.45) is 1.15. The Kier molecular flexibility index (Phi) is 4.55. The summed E-state index contributed by atoms with van der Waals surface area (Å²) in [4.78, 5) is 0. The third-order valence-corrected chi connectivity index (χ3v) is 2.09. The van der Waals surface area contributed by atoms with Crippen LogP contribution in [0.1, 0.15) is 38.8 Å². The second-order valence-electron chi connectivity index (χ2n) is 4.11. The van der Waals surface area contributed by atoms with E-state index in [2.05, 4.69) is 45.9 Å². The monoisotopic (exact) mass is 239 g/mol. The van der Waals surface area contributed by atoms with Crippen LogP contribution in [0.3, 0.4) is 0 Å². The van der Waals surface area contributed by atoms with Crippen LogP contribution >= 0.6 is 0 Å². The molecule has 0 saturated carbocycles. The molecule has 0 spiro atoms. The summed E-state index contributed by atoms with van der Waals surface area (Å²) in [5.74, 6) is 0. The Morgan fingerprint density at radius 2 is 1.92 bits per heavy atom. The molecule has 0 aromatic heterocycles. The first-order chi connectivity index (χ1) is 5.04. The van der Waals surface area contributed by atoms with Crippen molar-refractivity contribution in [3.63, 3.8) is 0 Å². The zero-order valence-corrected chi connectivity index (χ0v) is 10.9. The van der Waals surface area contributed by atoms with E-state index in [0.29, 0.717) is 5.41 Å². The molecule has 0 aliphatic heterocycles. The summed E-state index contributed by atoms with van der Waals surface area (Å²) in [5.41, 5.74) is 3.22. The maximum absolute atomic E-state index is 2.31. The van der Waals surface area contributed by atoms with Gasteiger partial charge >= 0.3 is 0 Å². The first-order valence-electron chi connectivity index (χ1n) is 4.30. The molecule has 1 aromatic rings. The van der Waals surface area contributed by atoms with Gasteiger partial charge in [0.25, 0.3) is 0 Å². The second kappa shape index (κ2) is 4.46. The molecule has 0 amide bonds. The average Bonchev–Trinajstić information content (AvgIpc) is 2.32. The van der Waals surface area contributed by atoms with Crippen molar-refractivity contribution in [2.75, 3.05) is 0 Å². The molecule has 1 heteroatoms. The van der Waals surface area contributed by atoms with Crippen molar-refractivity contribution < 1.29 is 26.2 Å². The minimum absolute atomic E-state index is 0. The molecule has 0 N–H and O–H groups in total. The molecule has 0 aliphatic rings. The second-order valence-corrected chi connectivity index (χ2v) is 4.11. The Morgan fingerprint density at radius 1 is 1.33 bits per heavy atom. The molecule has 0 saturated heterocycles. The van der Waals surface area contributed by atoms with E-state index in [0.717, 1.165) is 6.42 Å². The van der Waals surface area contributed by atoms with E-state index < -0.39 is 0 Å². The minimum atomic E-state index is 0. The number of hydrogen-bond acceptors (Lipinski definition) is 0. The fraction of sp³-hybridized carbons (Fsp3) is 0.545. The van der Waals surface area contributed by atoms with Gasteiger partial charge in [-0.1, -0.05) is 39.5 Å². The molecule has 0 unspecified atom stereocenters. The Hall–Kier alpha value is 0.233. The molecule has 12 heavy (non-hydrogen) atoms. The van der Waals surface area contributed by atoms with E-state index in [-0.39, 0.29) is 26.2 Å². The fourth-order valence-electron chi connectivity index (χ4n) is 1.18. The van der Waals surface area contributed by atoms with Crippen LogP contribution in [0.25, 0.3) is 0 Å². The third kappa shape index (κ3) is 2.94. The van der Waals surface area contributed by atoms with Crippen molar-refractivity contribution in [1.29, 1.82) is 0 Å². The van der Waals surface area contributed by atoms with Gasteiger partial charge in [0.2, 0.25) is 0 Å². The smallest absolute Gasteiger partial charge is 0 e. The van der Waals surface area contributed by atoms with Gasteiger partial charge in [-0.05, 0) is 0 Å². The third-order valence-electron chi connectivity index (χ3n) is 2.09. The van der Waals surface area contributed by atoms with E-state index in [1.165, 1.54) is 11.1 Å². The zero-order valence-electron chi connectivity index (χ0n) is 8.44. The molecule has 0 aliphatic carbocycles. The van der Waals surface area contributed by atoms with Crippen LogP contribution in [0.4, 0.5) is 0 Å². The van der Waals surface area contributed by atoms with Crippen LogP contribution < -0.4 is 0 Å². The molecular formula is C11H17Zr-. The van der Waals surface area contributed by atoms with Gasteiger partial charge in [-0.15, -0.1) is 0 Å². The van der Waals surface area contributed by atoms with Crippen molar-refractivity contribution in [2.45, 2.75) is 39.5 Å². The van der Waals surface area contributed by atoms with Gasteiger partial charge in [0.1, 0.15) is 0 Å². The topological polar surface area (TPSA) is 0 Å². The van der Waals surface area contributed by atoms with Crippen molar-refractivity contribution in [3.05, 3.63) is 29.3 Å². The zero-order chi connectivity index (χ0) is 8.48. The maximum Gasteiger partial charge on any atom is 0 e. The van der Waals surface area contributed by atoms with Crippen LogP contribution in [0.2, 0.25) is 0 Å². The molecule has 0 bridgehead atoms.